The van der Waals surface area contributed by atoms with Crippen LogP contribution in [0.3, 0.4) is 0 Å². The van der Waals surface area contributed by atoms with Crippen LogP contribution < -0.4 is 4.90 Å². The summed E-state index contributed by atoms with van der Waals surface area (Å²) < 4.78 is 1.86. The van der Waals surface area contributed by atoms with Crippen molar-refractivity contribution in [3.05, 3.63) is 11.3 Å². The standard InChI is InChI=1S/C14H22N4/c1-9-6-10(2)12(4)18(8-9)14-13(7-15)11(3)16-17(14)5/h9-10,12H,6,8H2,1-5H3. The van der Waals surface area contributed by atoms with Crippen molar-refractivity contribution >= 4 is 5.82 Å². The van der Waals surface area contributed by atoms with E-state index in [2.05, 4.69) is 36.8 Å². The van der Waals surface area contributed by atoms with Crippen molar-refractivity contribution in [3.8, 4) is 6.07 Å². The van der Waals surface area contributed by atoms with Gasteiger partial charge < -0.3 is 4.90 Å². The lowest BCUT2D eigenvalue weighted by Gasteiger charge is -2.42. The van der Waals surface area contributed by atoms with E-state index in [0.29, 0.717) is 17.9 Å². The van der Waals surface area contributed by atoms with Crippen LogP contribution in [-0.4, -0.2) is 22.4 Å². The summed E-state index contributed by atoms with van der Waals surface area (Å²) in [6, 6.07) is 2.77. The van der Waals surface area contributed by atoms with Crippen LogP contribution in [0.2, 0.25) is 0 Å². The fourth-order valence-corrected chi connectivity index (χ4v) is 3.10. The molecule has 1 aliphatic heterocycles. The first-order valence-corrected chi connectivity index (χ1v) is 6.66. The lowest BCUT2D eigenvalue weighted by atomic mass is 9.86. The van der Waals surface area contributed by atoms with Crippen LogP contribution in [0.1, 0.15) is 38.4 Å². The average molecular weight is 246 g/mol. The van der Waals surface area contributed by atoms with Crippen molar-refractivity contribution in [1.82, 2.24) is 9.78 Å². The molecule has 2 rings (SSSR count). The lowest BCUT2D eigenvalue weighted by molar-refractivity contribution is 0.293. The van der Waals surface area contributed by atoms with Crippen LogP contribution in [-0.2, 0) is 7.05 Å². The van der Waals surface area contributed by atoms with Crippen molar-refractivity contribution in [2.75, 3.05) is 11.4 Å². The second kappa shape index (κ2) is 4.64. The van der Waals surface area contributed by atoms with Gasteiger partial charge in [0.05, 0.1) is 5.69 Å². The normalized spacial score (nSPS) is 28.2. The molecular formula is C14H22N4. The predicted octanol–water partition coefficient (Wildman–Crippen LogP) is 2.47. The molecule has 98 valence electrons. The largest absolute Gasteiger partial charge is 0.352 e. The second-order valence-corrected chi connectivity index (χ2v) is 5.73. The van der Waals surface area contributed by atoms with Crippen LogP contribution in [0.4, 0.5) is 5.82 Å². The van der Waals surface area contributed by atoms with E-state index in [1.807, 2.05) is 18.7 Å². The molecule has 0 bridgehead atoms. The van der Waals surface area contributed by atoms with E-state index < -0.39 is 0 Å². The SMILES string of the molecule is Cc1nn(C)c(N2CC(C)CC(C)C2C)c1C#N. The zero-order valence-corrected chi connectivity index (χ0v) is 11.9. The summed E-state index contributed by atoms with van der Waals surface area (Å²) >= 11 is 0. The monoisotopic (exact) mass is 246 g/mol. The number of rotatable bonds is 1. The number of hydrogen-bond donors (Lipinski definition) is 0. The molecule has 0 spiro atoms. The van der Waals surface area contributed by atoms with Gasteiger partial charge in [-0.2, -0.15) is 10.4 Å². The lowest BCUT2D eigenvalue weighted by Crippen LogP contribution is -2.47. The van der Waals surface area contributed by atoms with Gasteiger partial charge in [0, 0.05) is 19.6 Å². The van der Waals surface area contributed by atoms with Gasteiger partial charge in [0.25, 0.3) is 0 Å². The molecule has 0 radical (unpaired) electrons. The average Bonchev–Trinajstić information content (AvgIpc) is 2.58. The van der Waals surface area contributed by atoms with Gasteiger partial charge in [0.15, 0.2) is 0 Å². The van der Waals surface area contributed by atoms with Crippen molar-refractivity contribution < 1.29 is 0 Å². The molecule has 1 aromatic rings. The minimum absolute atomic E-state index is 0.461. The minimum Gasteiger partial charge on any atom is -0.352 e. The molecule has 0 saturated carbocycles. The molecular weight excluding hydrogens is 224 g/mol. The summed E-state index contributed by atoms with van der Waals surface area (Å²) in [5.74, 6) is 2.30. The highest BCUT2D eigenvalue weighted by atomic mass is 15.4. The summed E-state index contributed by atoms with van der Waals surface area (Å²) in [6.07, 6.45) is 1.26. The number of piperidine rings is 1. The summed E-state index contributed by atoms with van der Waals surface area (Å²) in [5, 5.41) is 13.7. The molecule has 0 N–H and O–H groups in total. The molecule has 1 aromatic heterocycles. The fraction of sp³-hybridized carbons (Fsp3) is 0.714. The highest BCUT2D eigenvalue weighted by Crippen LogP contribution is 2.33. The second-order valence-electron chi connectivity index (χ2n) is 5.73. The summed E-state index contributed by atoms with van der Waals surface area (Å²) in [7, 11) is 1.93. The van der Waals surface area contributed by atoms with Crippen LogP contribution in [0.25, 0.3) is 0 Å². The molecule has 4 nitrogen and oxygen atoms in total. The maximum Gasteiger partial charge on any atom is 0.145 e. The Morgan fingerprint density at radius 2 is 2.00 bits per heavy atom. The number of aryl methyl sites for hydroxylation is 2. The summed E-state index contributed by atoms with van der Waals surface area (Å²) in [5.41, 5.74) is 1.55. The fourth-order valence-electron chi connectivity index (χ4n) is 3.10. The molecule has 3 unspecified atom stereocenters. The molecule has 3 atom stereocenters. The Kier molecular flexibility index (Phi) is 3.34. The summed E-state index contributed by atoms with van der Waals surface area (Å²) in [6.45, 7) is 9.75. The van der Waals surface area contributed by atoms with Gasteiger partial charge in [0.1, 0.15) is 17.5 Å². The van der Waals surface area contributed by atoms with Gasteiger partial charge in [-0.25, -0.2) is 0 Å². The van der Waals surface area contributed by atoms with Gasteiger partial charge in [-0.3, -0.25) is 4.68 Å². The molecule has 0 amide bonds. The quantitative estimate of drug-likeness (QED) is 0.764. The maximum absolute atomic E-state index is 9.33. The molecule has 0 aromatic carbocycles. The number of aromatic nitrogens is 2. The predicted molar refractivity (Wildman–Crippen MR) is 72.4 cm³/mol. The van der Waals surface area contributed by atoms with Crippen LogP contribution in [0.15, 0.2) is 0 Å². The Bertz CT molecular complexity index is 483. The van der Waals surface area contributed by atoms with Gasteiger partial charge in [-0.15, -0.1) is 0 Å². The Labute approximate surface area is 109 Å². The first kappa shape index (κ1) is 12.9. The Hall–Kier alpha value is -1.50. The van der Waals surface area contributed by atoms with Crippen molar-refractivity contribution in [2.24, 2.45) is 18.9 Å². The van der Waals surface area contributed by atoms with Crippen LogP contribution in [0.5, 0.6) is 0 Å². The maximum atomic E-state index is 9.33. The van der Waals surface area contributed by atoms with Crippen LogP contribution >= 0.6 is 0 Å². The summed E-state index contributed by atoms with van der Waals surface area (Å²) in [4.78, 5) is 2.36. The minimum atomic E-state index is 0.461. The number of nitrogens with zero attached hydrogens (tertiary/aromatic N) is 4. The van der Waals surface area contributed by atoms with Gasteiger partial charge in [0.2, 0.25) is 0 Å². The first-order valence-electron chi connectivity index (χ1n) is 6.66. The smallest absolute Gasteiger partial charge is 0.145 e. The van der Waals surface area contributed by atoms with Crippen LogP contribution in [0, 0.1) is 30.1 Å². The van der Waals surface area contributed by atoms with E-state index in [0.717, 1.165) is 23.6 Å². The Morgan fingerprint density at radius 1 is 1.33 bits per heavy atom. The number of hydrogen-bond acceptors (Lipinski definition) is 3. The topological polar surface area (TPSA) is 44.9 Å². The van der Waals surface area contributed by atoms with E-state index in [1.54, 1.807) is 0 Å². The third-order valence-corrected chi connectivity index (χ3v) is 4.17. The molecule has 1 aliphatic rings. The molecule has 1 fully saturated rings. The molecule has 18 heavy (non-hydrogen) atoms. The third-order valence-electron chi connectivity index (χ3n) is 4.17. The van der Waals surface area contributed by atoms with E-state index in [-0.39, 0.29) is 0 Å². The number of anilines is 1. The van der Waals surface area contributed by atoms with Gasteiger partial charge in [-0.05, 0) is 32.1 Å². The Balaban J connectivity index is 2.45. The number of nitriles is 1. The zero-order valence-electron chi connectivity index (χ0n) is 11.9. The molecule has 4 heteroatoms. The van der Waals surface area contributed by atoms with Gasteiger partial charge in [-0.1, -0.05) is 13.8 Å². The van der Waals surface area contributed by atoms with E-state index >= 15 is 0 Å². The van der Waals surface area contributed by atoms with Gasteiger partial charge >= 0.3 is 0 Å². The van der Waals surface area contributed by atoms with Crippen molar-refractivity contribution in [1.29, 1.82) is 5.26 Å². The van der Waals surface area contributed by atoms with E-state index in [9.17, 15) is 5.26 Å². The third kappa shape index (κ3) is 1.98. The molecule has 0 aliphatic carbocycles. The van der Waals surface area contributed by atoms with E-state index in [1.165, 1.54) is 6.42 Å². The molecule has 2 heterocycles. The highest BCUT2D eigenvalue weighted by Gasteiger charge is 2.32. The van der Waals surface area contributed by atoms with E-state index in [4.69, 9.17) is 0 Å². The molecule has 1 saturated heterocycles. The van der Waals surface area contributed by atoms with Crippen molar-refractivity contribution in [3.63, 3.8) is 0 Å². The Morgan fingerprint density at radius 3 is 2.61 bits per heavy atom. The zero-order chi connectivity index (χ0) is 13.4. The first-order chi connectivity index (χ1) is 8.45. The van der Waals surface area contributed by atoms with Crippen molar-refractivity contribution in [2.45, 2.75) is 40.2 Å². The highest BCUT2D eigenvalue weighted by molar-refractivity contribution is 5.57.